The van der Waals surface area contributed by atoms with Crippen molar-refractivity contribution in [1.29, 1.82) is 0 Å². The molecule has 1 aromatic carbocycles. The minimum Gasteiger partial charge on any atom is -0.495 e. The highest BCUT2D eigenvalue weighted by molar-refractivity contribution is 5.99. The van der Waals surface area contributed by atoms with E-state index >= 15 is 0 Å². The second-order valence-corrected chi connectivity index (χ2v) is 5.27. The highest BCUT2D eigenvalue weighted by Gasteiger charge is 2.21. The first-order valence-corrected chi connectivity index (χ1v) is 7.64. The first-order valence-electron chi connectivity index (χ1n) is 7.64. The lowest BCUT2D eigenvalue weighted by Gasteiger charge is -2.28. The summed E-state index contributed by atoms with van der Waals surface area (Å²) >= 11 is 0. The number of benzene rings is 1. The molecule has 0 saturated carbocycles. The van der Waals surface area contributed by atoms with E-state index in [1.54, 1.807) is 25.4 Å². The number of pyridine rings is 1. The van der Waals surface area contributed by atoms with Crippen LogP contribution in [0.3, 0.4) is 0 Å². The highest BCUT2D eigenvalue weighted by Crippen LogP contribution is 2.28. The van der Waals surface area contributed by atoms with Gasteiger partial charge in [-0.2, -0.15) is 0 Å². The van der Waals surface area contributed by atoms with Crippen molar-refractivity contribution < 1.29 is 9.53 Å². The fourth-order valence-electron chi connectivity index (χ4n) is 2.59. The van der Waals surface area contributed by atoms with E-state index in [4.69, 9.17) is 4.74 Å². The number of hydrogen-bond donors (Lipinski definition) is 2. The SMILES string of the molecule is COc1ccccc1Nc1ncccc1C(=O)N1CCNCC1. The van der Waals surface area contributed by atoms with Crippen molar-refractivity contribution in [3.8, 4) is 5.75 Å². The number of ether oxygens (including phenoxy) is 1. The van der Waals surface area contributed by atoms with Crippen LogP contribution >= 0.6 is 0 Å². The van der Waals surface area contributed by atoms with Gasteiger partial charge in [-0.3, -0.25) is 4.79 Å². The van der Waals surface area contributed by atoms with Gasteiger partial charge in [0.25, 0.3) is 5.91 Å². The normalized spacial score (nSPS) is 14.4. The molecule has 6 heteroatoms. The summed E-state index contributed by atoms with van der Waals surface area (Å²) < 4.78 is 5.34. The quantitative estimate of drug-likeness (QED) is 0.902. The zero-order valence-electron chi connectivity index (χ0n) is 13.1. The predicted molar refractivity (Wildman–Crippen MR) is 89.3 cm³/mol. The number of hydrogen-bond acceptors (Lipinski definition) is 5. The summed E-state index contributed by atoms with van der Waals surface area (Å²) in [5, 5.41) is 6.46. The van der Waals surface area contributed by atoms with Crippen LogP contribution in [0.5, 0.6) is 5.75 Å². The second-order valence-electron chi connectivity index (χ2n) is 5.27. The molecule has 23 heavy (non-hydrogen) atoms. The Labute approximate surface area is 135 Å². The average Bonchev–Trinajstić information content (AvgIpc) is 2.63. The zero-order chi connectivity index (χ0) is 16.1. The van der Waals surface area contributed by atoms with Gasteiger partial charge in [-0.15, -0.1) is 0 Å². The fraction of sp³-hybridized carbons (Fsp3) is 0.294. The molecule has 0 radical (unpaired) electrons. The van der Waals surface area contributed by atoms with Crippen molar-refractivity contribution in [3.63, 3.8) is 0 Å². The number of rotatable bonds is 4. The number of para-hydroxylation sites is 2. The smallest absolute Gasteiger partial charge is 0.257 e. The Morgan fingerprint density at radius 2 is 2.00 bits per heavy atom. The van der Waals surface area contributed by atoms with E-state index in [0.29, 0.717) is 30.2 Å². The molecule has 0 spiro atoms. The number of anilines is 2. The molecule has 2 heterocycles. The monoisotopic (exact) mass is 312 g/mol. The highest BCUT2D eigenvalue weighted by atomic mass is 16.5. The number of piperazine rings is 1. The summed E-state index contributed by atoms with van der Waals surface area (Å²) in [7, 11) is 1.62. The summed E-state index contributed by atoms with van der Waals surface area (Å²) in [6, 6.07) is 11.1. The standard InChI is InChI=1S/C17H20N4O2/c1-23-15-7-3-2-6-14(15)20-16-13(5-4-8-19-16)17(22)21-11-9-18-10-12-21/h2-8,18H,9-12H2,1H3,(H,19,20). The molecule has 1 amide bonds. The van der Waals surface area contributed by atoms with Crippen LogP contribution < -0.4 is 15.4 Å². The summed E-state index contributed by atoms with van der Waals surface area (Å²) in [5.74, 6) is 1.25. The Bertz CT molecular complexity index is 684. The lowest BCUT2D eigenvalue weighted by Crippen LogP contribution is -2.46. The van der Waals surface area contributed by atoms with Gasteiger partial charge in [0.05, 0.1) is 18.4 Å². The van der Waals surface area contributed by atoms with Crippen LogP contribution in [0, 0.1) is 0 Å². The number of methoxy groups -OCH3 is 1. The third kappa shape index (κ3) is 3.43. The lowest BCUT2D eigenvalue weighted by molar-refractivity contribution is 0.0736. The van der Waals surface area contributed by atoms with Crippen LogP contribution in [-0.4, -0.2) is 49.1 Å². The molecule has 1 aliphatic heterocycles. The van der Waals surface area contributed by atoms with E-state index in [0.717, 1.165) is 18.8 Å². The summed E-state index contributed by atoms with van der Waals surface area (Å²) in [4.78, 5) is 18.9. The third-order valence-corrected chi connectivity index (χ3v) is 3.80. The van der Waals surface area contributed by atoms with Crippen molar-refractivity contribution in [3.05, 3.63) is 48.2 Å². The maximum absolute atomic E-state index is 12.8. The van der Waals surface area contributed by atoms with Crippen LogP contribution in [0.15, 0.2) is 42.6 Å². The molecule has 1 saturated heterocycles. The van der Waals surface area contributed by atoms with Crippen molar-refractivity contribution in [2.45, 2.75) is 0 Å². The minimum absolute atomic E-state index is 0.00278. The van der Waals surface area contributed by atoms with Gasteiger partial charge in [0.1, 0.15) is 11.6 Å². The van der Waals surface area contributed by atoms with Gasteiger partial charge in [0, 0.05) is 32.4 Å². The summed E-state index contributed by atoms with van der Waals surface area (Å²) in [5.41, 5.74) is 1.35. The van der Waals surface area contributed by atoms with Gasteiger partial charge in [-0.1, -0.05) is 12.1 Å². The van der Waals surface area contributed by atoms with Gasteiger partial charge in [0.2, 0.25) is 0 Å². The van der Waals surface area contributed by atoms with Crippen LogP contribution in [0.1, 0.15) is 10.4 Å². The molecule has 120 valence electrons. The molecule has 3 rings (SSSR count). The molecule has 1 fully saturated rings. The van der Waals surface area contributed by atoms with Crippen molar-refractivity contribution in [1.82, 2.24) is 15.2 Å². The molecule has 0 bridgehead atoms. The number of carbonyl (C=O) groups excluding carboxylic acids is 1. The van der Waals surface area contributed by atoms with Crippen LogP contribution in [0.4, 0.5) is 11.5 Å². The molecule has 0 atom stereocenters. The average molecular weight is 312 g/mol. The third-order valence-electron chi connectivity index (χ3n) is 3.80. The number of nitrogens with one attached hydrogen (secondary N) is 2. The van der Waals surface area contributed by atoms with Crippen molar-refractivity contribution in [2.75, 3.05) is 38.6 Å². The maximum Gasteiger partial charge on any atom is 0.257 e. The summed E-state index contributed by atoms with van der Waals surface area (Å²) in [6.45, 7) is 3.06. The molecule has 1 aromatic heterocycles. The molecule has 1 aliphatic rings. The van der Waals surface area contributed by atoms with Crippen LogP contribution in [-0.2, 0) is 0 Å². The first kappa shape index (κ1) is 15.3. The Hall–Kier alpha value is -2.60. The van der Waals surface area contributed by atoms with E-state index in [1.807, 2.05) is 29.2 Å². The van der Waals surface area contributed by atoms with E-state index < -0.39 is 0 Å². The lowest BCUT2D eigenvalue weighted by atomic mass is 10.2. The molecule has 2 N–H and O–H groups in total. The topological polar surface area (TPSA) is 66.5 Å². The first-order chi connectivity index (χ1) is 11.3. The zero-order valence-corrected chi connectivity index (χ0v) is 13.1. The maximum atomic E-state index is 12.8. The van der Waals surface area contributed by atoms with E-state index in [9.17, 15) is 4.79 Å². The van der Waals surface area contributed by atoms with Crippen LogP contribution in [0.2, 0.25) is 0 Å². The Balaban J connectivity index is 1.87. The molecular formula is C17H20N4O2. The Morgan fingerprint density at radius 1 is 1.22 bits per heavy atom. The second kappa shape index (κ2) is 7.11. The largest absolute Gasteiger partial charge is 0.495 e. The summed E-state index contributed by atoms with van der Waals surface area (Å²) in [6.07, 6.45) is 1.67. The number of aromatic nitrogens is 1. The minimum atomic E-state index is -0.00278. The molecule has 0 aliphatic carbocycles. The number of nitrogens with zero attached hydrogens (tertiary/aromatic N) is 2. The Morgan fingerprint density at radius 3 is 2.78 bits per heavy atom. The molecular weight excluding hydrogens is 292 g/mol. The molecule has 2 aromatic rings. The van der Waals surface area contributed by atoms with Gasteiger partial charge in [-0.25, -0.2) is 4.98 Å². The van der Waals surface area contributed by atoms with Gasteiger partial charge in [-0.05, 0) is 24.3 Å². The fourth-order valence-corrected chi connectivity index (χ4v) is 2.59. The van der Waals surface area contributed by atoms with E-state index in [-0.39, 0.29) is 5.91 Å². The number of amides is 1. The molecule has 6 nitrogen and oxygen atoms in total. The van der Waals surface area contributed by atoms with Gasteiger partial charge < -0.3 is 20.3 Å². The van der Waals surface area contributed by atoms with Crippen molar-refractivity contribution in [2.24, 2.45) is 0 Å². The Kier molecular flexibility index (Phi) is 4.73. The van der Waals surface area contributed by atoms with Crippen LogP contribution in [0.25, 0.3) is 0 Å². The van der Waals surface area contributed by atoms with Crippen molar-refractivity contribution >= 4 is 17.4 Å². The van der Waals surface area contributed by atoms with Gasteiger partial charge >= 0.3 is 0 Å². The van der Waals surface area contributed by atoms with E-state index in [1.165, 1.54) is 0 Å². The molecule has 0 unspecified atom stereocenters. The predicted octanol–water partition coefficient (Wildman–Crippen LogP) is 1.88. The number of carbonyl (C=O) groups is 1. The van der Waals surface area contributed by atoms with E-state index in [2.05, 4.69) is 15.6 Å². The van der Waals surface area contributed by atoms with Gasteiger partial charge in [0.15, 0.2) is 0 Å².